The SMILES string of the molecule is CC.CCCC(=O)c1ccccc1C=O.COC(=O)C1CCCS1. The zero-order valence-corrected chi connectivity index (χ0v) is 15.9. The lowest BCUT2D eigenvalue weighted by Gasteiger charge is -2.02. The van der Waals surface area contributed by atoms with E-state index in [1.165, 1.54) is 7.11 Å². The lowest BCUT2D eigenvalue weighted by molar-refractivity contribution is -0.139. The molecule has 1 aromatic rings. The maximum atomic E-state index is 11.5. The van der Waals surface area contributed by atoms with Gasteiger partial charge in [0.1, 0.15) is 5.25 Å². The Balaban J connectivity index is 0.000000420. The van der Waals surface area contributed by atoms with Crippen LogP contribution in [0.3, 0.4) is 0 Å². The fourth-order valence-corrected chi connectivity index (χ4v) is 3.29. The van der Waals surface area contributed by atoms with Crippen LogP contribution in [0.25, 0.3) is 0 Å². The maximum Gasteiger partial charge on any atom is 0.318 e. The third kappa shape index (κ3) is 7.77. The predicted molar refractivity (Wildman–Crippen MR) is 99.9 cm³/mol. The van der Waals surface area contributed by atoms with Crippen molar-refractivity contribution in [2.24, 2.45) is 0 Å². The molecule has 1 unspecified atom stereocenters. The number of Topliss-reactive ketones (excluding diaryl/α,β-unsaturated/α-hetero) is 1. The number of carbonyl (C=O) groups excluding carboxylic acids is 3. The Morgan fingerprint density at radius 2 is 1.96 bits per heavy atom. The van der Waals surface area contributed by atoms with E-state index < -0.39 is 0 Å². The van der Waals surface area contributed by atoms with Gasteiger partial charge >= 0.3 is 5.97 Å². The summed E-state index contributed by atoms with van der Waals surface area (Å²) in [7, 11) is 1.45. The molecular weight excluding hydrogens is 324 g/mol. The first kappa shape index (κ1) is 22.4. The van der Waals surface area contributed by atoms with Crippen LogP contribution in [0.4, 0.5) is 0 Å². The number of carbonyl (C=O) groups is 3. The number of hydrogen-bond acceptors (Lipinski definition) is 5. The second-order valence-corrected chi connectivity index (χ2v) is 6.21. The molecule has 1 aromatic carbocycles. The molecular formula is C19H28O4S. The number of ketones is 1. The van der Waals surface area contributed by atoms with Crippen LogP contribution in [-0.2, 0) is 9.53 Å². The summed E-state index contributed by atoms with van der Waals surface area (Å²) < 4.78 is 4.57. The van der Waals surface area contributed by atoms with Crippen molar-refractivity contribution in [3.63, 3.8) is 0 Å². The van der Waals surface area contributed by atoms with Crippen LogP contribution in [0.15, 0.2) is 24.3 Å². The average molecular weight is 352 g/mol. The van der Waals surface area contributed by atoms with Gasteiger partial charge in [-0.2, -0.15) is 0 Å². The highest BCUT2D eigenvalue weighted by atomic mass is 32.2. The van der Waals surface area contributed by atoms with Crippen molar-refractivity contribution < 1.29 is 19.1 Å². The van der Waals surface area contributed by atoms with Crippen molar-refractivity contribution in [1.82, 2.24) is 0 Å². The van der Waals surface area contributed by atoms with Gasteiger partial charge in [0.25, 0.3) is 0 Å². The summed E-state index contributed by atoms with van der Waals surface area (Å²) in [6, 6.07) is 6.89. The van der Waals surface area contributed by atoms with Crippen molar-refractivity contribution >= 4 is 29.8 Å². The van der Waals surface area contributed by atoms with E-state index in [2.05, 4.69) is 4.74 Å². The molecule has 2 rings (SSSR count). The summed E-state index contributed by atoms with van der Waals surface area (Å²) in [5.74, 6) is 1.10. The summed E-state index contributed by atoms with van der Waals surface area (Å²) in [5, 5.41) is 0.134. The molecule has 0 bridgehead atoms. The molecule has 1 heterocycles. The van der Waals surface area contributed by atoms with Gasteiger partial charge < -0.3 is 4.74 Å². The number of esters is 1. The van der Waals surface area contributed by atoms with Crippen LogP contribution < -0.4 is 0 Å². The van der Waals surface area contributed by atoms with Crippen LogP contribution in [0.1, 0.15) is 67.2 Å². The van der Waals surface area contributed by atoms with Gasteiger partial charge in [0, 0.05) is 17.5 Å². The fourth-order valence-electron chi connectivity index (χ4n) is 2.11. The van der Waals surface area contributed by atoms with Gasteiger partial charge in [-0.05, 0) is 25.0 Å². The zero-order valence-electron chi connectivity index (χ0n) is 15.0. The smallest absolute Gasteiger partial charge is 0.318 e. The molecule has 0 aliphatic carbocycles. The van der Waals surface area contributed by atoms with Gasteiger partial charge in [-0.3, -0.25) is 14.4 Å². The first-order valence-electron chi connectivity index (χ1n) is 8.40. The molecule has 1 aliphatic heterocycles. The van der Waals surface area contributed by atoms with E-state index in [0.29, 0.717) is 17.5 Å². The van der Waals surface area contributed by atoms with Gasteiger partial charge in [0.2, 0.25) is 0 Å². The molecule has 1 aliphatic rings. The second kappa shape index (κ2) is 13.8. The minimum Gasteiger partial charge on any atom is -0.468 e. The number of benzene rings is 1. The van der Waals surface area contributed by atoms with E-state index in [1.54, 1.807) is 36.0 Å². The molecule has 5 heteroatoms. The van der Waals surface area contributed by atoms with Gasteiger partial charge in [0.05, 0.1) is 7.11 Å². The summed E-state index contributed by atoms with van der Waals surface area (Å²) in [6.07, 6.45) is 4.20. The molecule has 0 aromatic heterocycles. The molecule has 0 N–H and O–H groups in total. The molecule has 0 saturated carbocycles. The van der Waals surface area contributed by atoms with E-state index in [-0.39, 0.29) is 17.0 Å². The summed E-state index contributed by atoms with van der Waals surface area (Å²) in [4.78, 5) is 32.8. The third-order valence-electron chi connectivity index (χ3n) is 3.26. The summed E-state index contributed by atoms with van der Waals surface area (Å²) >= 11 is 1.70. The van der Waals surface area contributed by atoms with Crippen molar-refractivity contribution in [3.05, 3.63) is 35.4 Å². The number of thioether (sulfide) groups is 1. The summed E-state index contributed by atoms with van der Waals surface area (Å²) in [5.41, 5.74) is 1.03. The number of hydrogen-bond donors (Lipinski definition) is 0. The maximum absolute atomic E-state index is 11.5. The van der Waals surface area contributed by atoms with Gasteiger partial charge in [0.15, 0.2) is 12.1 Å². The van der Waals surface area contributed by atoms with Crippen LogP contribution in [0.2, 0.25) is 0 Å². The second-order valence-electron chi connectivity index (χ2n) is 4.90. The normalized spacial score (nSPS) is 15.2. The molecule has 0 spiro atoms. The highest BCUT2D eigenvalue weighted by Crippen LogP contribution is 2.26. The van der Waals surface area contributed by atoms with Crippen LogP contribution in [0, 0.1) is 0 Å². The molecule has 1 atom stereocenters. The topological polar surface area (TPSA) is 60.4 Å². The lowest BCUT2D eigenvalue weighted by Crippen LogP contribution is -2.14. The fraction of sp³-hybridized carbons (Fsp3) is 0.526. The Hall–Kier alpha value is -1.62. The Labute approximate surface area is 149 Å². The molecule has 0 amide bonds. The molecule has 1 fully saturated rings. The van der Waals surface area contributed by atoms with E-state index in [1.807, 2.05) is 20.8 Å². The molecule has 24 heavy (non-hydrogen) atoms. The van der Waals surface area contributed by atoms with Crippen molar-refractivity contribution in [3.8, 4) is 0 Å². The van der Waals surface area contributed by atoms with E-state index in [9.17, 15) is 14.4 Å². The lowest BCUT2D eigenvalue weighted by atomic mass is 10.0. The van der Waals surface area contributed by atoms with Crippen molar-refractivity contribution in [1.29, 1.82) is 0 Å². The van der Waals surface area contributed by atoms with Crippen molar-refractivity contribution in [2.75, 3.05) is 12.9 Å². The molecule has 0 radical (unpaired) electrons. The average Bonchev–Trinajstić information content (AvgIpc) is 3.18. The van der Waals surface area contributed by atoms with Gasteiger partial charge in [-0.25, -0.2) is 0 Å². The monoisotopic (exact) mass is 352 g/mol. The van der Waals surface area contributed by atoms with E-state index in [4.69, 9.17) is 0 Å². The number of methoxy groups -OCH3 is 1. The molecule has 4 nitrogen and oxygen atoms in total. The number of aldehydes is 1. The Bertz CT molecular complexity index is 508. The third-order valence-corrected chi connectivity index (χ3v) is 4.61. The van der Waals surface area contributed by atoms with Crippen LogP contribution >= 0.6 is 11.8 Å². The summed E-state index contributed by atoms with van der Waals surface area (Å²) in [6.45, 7) is 5.95. The Morgan fingerprint density at radius 1 is 1.29 bits per heavy atom. The minimum atomic E-state index is -0.0579. The predicted octanol–water partition coefficient (Wildman–Crippen LogP) is 4.56. The van der Waals surface area contributed by atoms with Gasteiger partial charge in [-0.1, -0.05) is 45.0 Å². The first-order chi connectivity index (χ1) is 11.6. The van der Waals surface area contributed by atoms with Crippen molar-refractivity contribution in [2.45, 2.75) is 51.7 Å². The highest BCUT2D eigenvalue weighted by Gasteiger charge is 2.23. The highest BCUT2D eigenvalue weighted by molar-refractivity contribution is 8.00. The van der Waals surface area contributed by atoms with Crippen LogP contribution in [-0.4, -0.2) is 36.2 Å². The van der Waals surface area contributed by atoms with E-state index in [0.717, 1.165) is 31.3 Å². The largest absolute Gasteiger partial charge is 0.468 e. The molecule has 134 valence electrons. The molecule has 1 saturated heterocycles. The standard InChI is InChI=1S/C11H12O2.C6H10O2S.C2H6/c1-2-5-11(13)10-7-4-3-6-9(10)8-12;1-8-6(7)5-3-2-4-9-5;1-2/h3-4,6-8H,2,5H2,1H3;5H,2-4H2,1H3;1-2H3. The zero-order chi connectivity index (χ0) is 18.4. The number of ether oxygens (including phenoxy) is 1. The first-order valence-corrected chi connectivity index (χ1v) is 9.45. The minimum absolute atomic E-state index is 0.0465. The number of rotatable bonds is 5. The van der Waals surface area contributed by atoms with E-state index >= 15 is 0 Å². The quantitative estimate of drug-likeness (QED) is 0.441. The van der Waals surface area contributed by atoms with Crippen LogP contribution in [0.5, 0.6) is 0 Å². The van der Waals surface area contributed by atoms with Gasteiger partial charge in [-0.15, -0.1) is 11.8 Å². The Kier molecular flexibility index (Phi) is 12.9. The Morgan fingerprint density at radius 3 is 2.46 bits per heavy atom.